The molecule has 1 aromatic rings. The molecule has 0 spiro atoms. The third-order valence-electron chi connectivity index (χ3n) is 1.87. The van der Waals surface area contributed by atoms with Crippen molar-refractivity contribution in [1.82, 2.24) is 0 Å². The highest BCUT2D eigenvalue weighted by atomic mass is 79.9. The molecule has 0 radical (unpaired) electrons. The first-order valence-corrected chi connectivity index (χ1v) is 6.63. The third-order valence-corrected chi connectivity index (χ3v) is 4.48. The molecule has 0 saturated carbocycles. The molecule has 1 unspecified atom stereocenters. The van der Waals surface area contributed by atoms with Crippen molar-refractivity contribution in [3.8, 4) is 0 Å². The molecule has 1 atom stereocenters. The number of halogens is 5. The first-order valence-electron chi connectivity index (χ1n) is 4.64. The zero-order valence-electron chi connectivity index (χ0n) is 8.56. The van der Waals surface area contributed by atoms with Crippen LogP contribution in [0.1, 0.15) is 17.3 Å². The van der Waals surface area contributed by atoms with Gasteiger partial charge in [-0.3, -0.25) is 0 Å². The summed E-state index contributed by atoms with van der Waals surface area (Å²) >= 11 is 10.4. The Morgan fingerprint density at radius 1 is 1.53 bits per heavy atom. The van der Waals surface area contributed by atoms with Gasteiger partial charge >= 0.3 is 6.18 Å². The molecule has 0 amide bonds. The quantitative estimate of drug-likeness (QED) is 0.809. The fourth-order valence-corrected chi connectivity index (χ4v) is 2.86. The van der Waals surface area contributed by atoms with Crippen LogP contribution >= 0.6 is 38.9 Å². The van der Waals surface area contributed by atoms with Crippen LogP contribution in [0.15, 0.2) is 10.5 Å². The van der Waals surface area contributed by atoms with Gasteiger partial charge in [-0.1, -0.05) is 11.6 Å². The molecule has 2 nitrogen and oxygen atoms in total. The van der Waals surface area contributed by atoms with Crippen molar-refractivity contribution < 1.29 is 17.9 Å². The first kappa shape index (κ1) is 15.2. The van der Waals surface area contributed by atoms with Crippen molar-refractivity contribution in [1.29, 1.82) is 0 Å². The fraction of sp³-hybridized carbons (Fsp3) is 0.556. The minimum atomic E-state index is -4.29. The molecule has 1 rings (SSSR count). The van der Waals surface area contributed by atoms with Gasteiger partial charge in [0.1, 0.15) is 10.9 Å². The number of thiophene rings is 1. The Morgan fingerprint density at radius 2 is 2.18 bits per heavy atom. The standard InChI is InChI=1S/C9H10BrClF3NOS/c10-5-3-7(17-8(5)11)6(15)1-2-16-4-9(12,13)14/h3,6H,1-2,4,15H2. The van der Waals surface area contributed by atoms with Gasteiger partial charge in [-0.25, -0.2) is 0 Å². The minimum Gasteiger partial charge on any atom is -0.372 e. The smallest absolute Gasteiger partial charge is 0.372 e. The SMILES string of the molecule is NC(CCOCC(F)(F)F)c1cc(Br)c(Cl)s1. The molecule has 1 heterocycles. The van der Waals surface area contributed by atoms with E-state index in [0.717, 1.165) is 9.35 Å². The van der Waals surface area contributed by atoms with Crippen molar-refractivity contribution in [3.05, 3.63) is 19.8 Å². The fourth-order valence-electron chi connectivity index (χ4n) is 1.09. The van der Waals surface area contributed by atoms with Gasteiger partial charge in [0, 0.05) is 22.0 Å². The minimum absolute atomic E-state index is 0.0339. The van der Waals surface area contributed by atoms with E-state index in [9.17, 15) is 13.2 Å². The van der Waals surface area contributed by atoms with E-state index in [0.29, 0.717) is 10.8 Å². The van der Waals surface area contributed by atoms with Crippen LogP contribution < -0.4 is 5.73 Å². The van der Waals surface area contributed by atoms with E-state index in [-0.39, 0.29) is 12.6 Å². The van der Waals surface area contributed by atoms with Crippen molar-refractivity contribution in [2.24, 2.45) is 5.73 Å². The molecule has 0 aromatic carbocycles. The summed E-state index contributed by atoms with van der Waals surface area (Å²) in [5.41, 5.74) is 5.80. The second-order valence-corrected chi connectivity index (χ2v) is 5.87. The lowest BCUT2D eigenvalue weighted by Crippen LogP contribution is -2.19. The maximum absolute atomic E-state index is 11.8. The molecule has 1 aromatic heterocycles. The number of rotatable bonds is 5. The molecule has 0 aliphatic heterocycles. The van der Waals surface area contributed by atoms with Crippen LogP contribution in [0.4, 0.5) is 13.2 Å². The lowest BCUT2D eigenvalue weighted by atomic mass is 10.2. The Kier molecular flexibility index (Phi) is 5.72. The Balaban J connectivity index is 2.33. The van der Waals surface area contributed by atoms with Crippen LogP contribution in [0, 0.1) is 0 Å². The van der Waals surface area contributed by atoms with Crippen LogP contribution in [0.25, 0.3) is 0 Å². The molecule has 17 heavy (non-hydrogen) atoms. The first-order chi connectivity index (χ1) is 7.79. The van der Waals surface area contributed by atoms with Gasteiger partial charge in [0.15, 0.2) is 0 Å². The van der Waals surface area contributed by atoms with E-state index in [1.54, 1.807) is 6.07 Å². The maximum Gasteiger partial charge on any atom is 0.411 e. The highest BCUT2D eigenvalue weighted by Crippen LogP contribution is 2.35. The van der Waals surface area contributed by atoms with Gasteiger partial charge in [0.2, 0.25) is 0 Å². The monoisotopic (exact) mass is 351 g/mol. The maximum atomic E-state index is 11.8. The van der Waals surface area contributed by atoms with Crippen molar-refractivity contribution in [2.45, 2.75) is 18.6 Å². The number of hydrogen-bond acceptors (Lipinski definition) is 3. The van der Waals surface area contributed by atoms with Gasteiger partial charge in [-0.2, -0.15) is 13.2 Å². The summed E-state index contributed by atoms with van der Waals surface area (Å²) < 4.78 is 41.1. The molecule has 98 valence electrons. The van der Waals surface area contributed by atoms with Gasteiger partial charge < -0.3 is 10.5 Å². The lowest BCUT2D eigenvalue weighted by Gasteiger charge is -2.11. The summed E-state index contributed by atoms with van der Waals surface area (Å²) in [6.45, 7) is -1.28. The lowest BCUT2D eigenvalue weighted by molar-refractivity contribution is -0.174. The van der Waals surface area contributed by atoms with Gasteiger partial charge in [-0.05, 0) is 28.4 Å². The van der Waals surface area contributed by atoms with E-state index in [4.69, 9.17) is 17.3 Å². The number of ether oxygens (including phenoxy) is 1. The Morgan fingerprint density at radius 3 is 2.65 bits per heavy atom. The number of nitrogens with two attached hydrogens (primary N) is 1. The summed E-state index contributed by atoms with van der Waals surface area (Å²) in [7, 11) is 0. The summed E-state index contributed by atoms with van der Waals surface area (Å²) in [6, 6.07) is 1.40. The second-order valence-electron chi connectivity index (χ2n) is 3.33. The van der Waals surface area contributed by atoms with E-state index < -0.39 is 12.8 Å². The molecular weight excluding hydrogens is 343 g/mol. The van der Waals surface area contributed by atoms with Gasteiger partial charge in [-0.15, -0.1) is 11.3 Å². The topological polar surface area (TPSA) is 35.2 Å². The van der Waals surface area contributed by atoms with Crippen LogP contribution in [0.2, 0.25) is 4.34 Å². The molecule has 0 saturated heterocycles. The third kappa shape index (κ3) is 5.56. The largest absolute Gasteiger partial charge is 0.411 e. The van der Waals surface area contributed by atoms with Crippen LogP contribution in [-0.4, -0.2) is 19.4 Å². The van der Waals surface area contributed by atoms with Crippen LogP contribution in [0.5, 0.6) is 0 Å². The summed E-state index contributed by atoms with van der Waals surface area (Å²) in [6.07, 6.45) is -3.97. The molecule has 0 aliphatic carbocycles. The van der Waals surface area contributed by atoms with Crippen LogP contribution in [0.3, 0.4) is 0 Å². The number of alkyl halides is 3. The zero-order valence-corrected chi connectivity index (χ0v) is 11.7. The van der Waals surface area contributed by atoms with Gasteiger partial charge in [0.05, 0.1) is 0 Å². The van der Waals surface area contributed by atoms with E-state index >= 15 is 0 Å². The van der Waals surface area contributed by atoms with E-state index in [2.05, 4.69) is 20.7 Å². The Bertz CT molecular complexity index is 352. The zero-order chi connectivity index (χ0) is 13.1. The predicted octanol–water partition coefficient (Wildman–Crippen LogP) is 4.13. The van der Waals surface area contributed by atoms with E-state index in [1.807, 2.05) is 0 Å². The normalized spacial score (nSPS) is 14.0. The Labute approximate surface area is 114 Å². The van der Waals surface area contributed by atoms with E-state index in [1.165, 1.54) is 11.3 Å². The highest BCUT2D eigenvalue weighted by Gasteiger charge is 2.27. The average molecular weight is 353 g/mol. The molecule has 0 aliphatic rings. The highest BCUT2D eigenvalue weighted by molar-refractivity contribution is 9.10. The molecule has 8 heteroatoms. The van der Waals surface area contributed by atoms with Crippen LogP contribution in [-0.2, 0) is 4.74 Å². The number of hydrogen-bond donors (Lipinski definition) is 1. The molecular formula is C9H10BrClF3NOS. The van der Waals surface area contributed by atoms with Crippen molar-refractivity contribution in [2.75, 3.05) is 13.2 Å². The summed E-state index contributed by atoms with van der Waals surface area (Å²) in [5.74, 6) is 0. The summed E-state index contributed by atoms with van der Waals surface area (Å²) in [5, 5.41) is 0. The van der Waals surface area contributed by atoms with Crippen molar-refractivity contribution >= 4 is 38.9 Å². The predicted molar refractivity (Wildman–Crippen MR) is 65.4 cm³/mol. The average Bonchev–Trinajstić information content (AvgIpc) is 2.52. The summed E-state index contributed by atoms with van der Waals surface area (Å²) in [4.78, 5) is 0.817. The second kappa shape index (κ2) is 6.38. The molecule has 0 fully saturated rings. The molecule has 2 N–H and O–H groups in total. The van der Waals surface area contributed by atoms with Crippen molar-refractivity contribution in [3.63, 3.8) is 0 Å². The molecule has 0 bridgehead atoms. The Hall–Kier alpha value is 0.180. The van der Waals surface area contributed by atoms with Gasteiger partial charge in [0.25, 0.3) is 0 Å².